The number of aryl methyl sites for hydroxylation is 1. The van der Waals surface area contributed by atoms with Crippen LogP contribution in [0.3, 0.4) is 0 Å². The van der Waals surface area contributed by atoms with E-state index in [1.165, 1.54) is 0 Å². The number of nitrogens with zero attached hydrogens (tertiary/aromatic N) is 5. The van der Waals surface area contributed by atoms with Crippen molar-refractivity contribution in [3.63, 3.8) is 0 Å². The lowest BCUT2D eigenvalue weighted by atomic mass is 10.3. The Kier molecular flexibility index (Phi) is 3.00. The van der Waals surface area contributed by atoms with Crippen LogP contribution in [-0.4, -0.2) is 30.5 Å². The Morgan fingerprint density at radius 3 is 2.75 bits per heavy atom. The summed E-state index contributed by atoms with van der Waals surface area (Å²) in [6.07, 6.45) is 4.93. The molecule has 0 atom stereocenters. The van der Waals surface area contributed by atoms with Crippen LogP contribution in [0, 0.1) is 0 Å². The van der Waals surface area contributed by atoms with Gasteiger partial charge in [0.15, 0.2) is 5.69 Å². The van der Waals surface area contributed by atoms with Crippen molar-refractivity contribution in [2.45, 2.75) is 0 Å². The van der Waals surface area contributed by atoms with Crippen molar-refractivity contribution in [3.05, 3.63) is 54.6 Å². The highest BCUT2D eigenvalue weighted by Crippen LogP contribution is 2.07. The molecule has 1 N–H and O–H groups in total. The van der Waals surface area contributed by atoms with E-state index in [-0.39, 0.29) is 11.6 Å². The van der Waals surface area contributed by atoms with E-state index in [9.17, 15) is 4.79 Å². The molecule has 0 aliphatic heterocycles. The minimum Gasteiger partial charge on any atom is -0.320 e. The number of imidazole rings is 1. The molecule has 2 aromatic heterocycles. The fraction of sp³-hybridized carbons (Fsp3) is 0.0769. The standard InChI is InChI=1S/C13H12N6O/c1-18-8-7-14-13(18)15-12(20)11-9-19(17-16-11)10-5-3-2-4-6-10/h2-9H,1H3,(H,14,15,20). The highest BCUT2D eigenvalue weighted by molar-refractivity contribution is 6.01. The molecular weight excluding hydrogens is 256 g/mol. The molecule has 3 rings (SSSR count). The average Bonchev–Trinajstić information content (AvgIpc) is 3.10. The summed E-state index contributed by atoms with van der Waals surface area (Å²) in [5.41, 5.74) is 1.08. The molecule has 0 spiro atoms. The fourth-order valence-corrected chi connectivity index (χ4v) is 1.73. The number of hydrogen-bond acceptors (Lipinski definition) is 4. The van der Waals surface area contributed by atoms with E-state index in [4.69, 9.17) is 0 Å². The molecule has 0 fully saturated rings. The first-order valence-electron chi connectivity index (χ1n) is 6.00. The first-order valence-corrected chi connectivity index (χ1v) is 6.00. The normalized spacial score (nSPS) is 10.4. The second-order valence-electron chi connectivity index (χ2n) is 4.20. The summed E-state index contributed by atoms with van der Waals surface area (Å²) in [6.45, 7) is 0. The number of aromatic nitrogens is 5. The number of carbonyl (C=O) groups excluding carboxylic acids is 1. The molecule has 0 aliphatic rings. The first kappa shape index (κ1) is 12.1. The van der Waals surface area contributed by atoms with E-state index >= 15 is 0 Å². The molecule has 0 radical (unpaired) electrons. The van der Waals surface area contributed by atoms with Gasteiger partial charge in [-0.2, -0.15) is 0 Å². The summed E-state index contributed by atoms with van der Waals surface area (Å²) < 4.78 is 3.26. The first-order chi connectivity index (χ1) is 9.74. The summed E-state index contributed by atoms with van der Waals surface area (Å²) >= 11 is 0. The van der Waals surface area contributed by atoms with E-state index in [0.717, 1.165) is 5.69 Å². The van der Waals surface area contributed by atoms with Crippen molar-refractivity contribution in [2.24, 2.45) is 7.05 Å². The van der Waals surface area contributed by atoms with Crippen molar-refractivity contribution < 1.29 is 4.79 Å². The zero-order valence-corrected chi connectivity index (χ0v) is 10.8. The van der Waals surface area contributed by atoms with Crippen LogP contribution in [0.25, 0.3) is 5.69 Å². The second kappa shape index (κ2) is 4.96. The summed E-state index contributed by atoms with van der Waals surface area (Å²) in [7, 11) is 1.80. The fourth-order valence-electron chi connectivity index (χ4n) is 1.73. The van der Waals surface area contributed by atoms with Crippen molar-refractivity contribution in [3.8, 4) is 5.69 Å². The van der Waals surface area contributed by atoms with Crippen LogP contribution in [-0.2, 0) is 7.05 Å². The lowest BCUT2D eigenvalue weighted by Crippen LogP contribution is -2.15. The zero-order chi connectivity index (χ0) is 13.9. The Morgan fingerprint density at radius 2 is 2.05 bits per heavy atom. The minimum atomic E-state index is -0.346. The highest BCUT2D eigenvalue weighted by atomic mass is 16.2. The van der Waals surface area contributed by atoms with Crippen LogP contribution >= 0.6 is 0 Å². The van der Waals surface area contributed by atoms with Gasteiger partial charge in [-0.25, -0.2) is 9.67 Å². The van der Waals surface area contributed by atoms with E-state index in [1.54, 1.807) is 34.9 Å². The van der Waals surface area contributed by atoms with Crippen molar-refractivity contribution >= 4 is 11.9 Å². The van der Waals surface area contributed by atoms with Crippen LogP contribution in [0.2, 0.25) is 0 Å². The van der Waals surface area contributed by atoms with Gasteiger partial charge in [-0.3, -0.25) is 10.1 Å². The number of nitrogens with one attached hydrogen (secondary N) is 1. The average molecular weight is 268 g/mol. The molecule has 100 valence electrons. The number of rotatable bonds is 3. The molecule has 0 saturated carbocycles. The molecule has 7 heteroatoms. The molecule has 0 bridgehead atoms. The molecule has 1 amide bonds. The molecule has 0 aliphatic carbocycles. The van der Waals surface area contributed by atoms with Gasteiger partial charge in [0.05, 0.1) is 11.9 Å². The molecule has 0 saturated heterocycles. The Hall–Kier alpha value is -2.96. The van der Waals surface area contributed by atoms with E-state index < -0.39 is 0 Å². The third-order valence-electron chi connectivity index (χ3n) is 2.79. The topological polar surface area (TPSA) is 77.6 Å². The Bertz CT molecular complexity index is 730. The van der Waals surface area contributed by atoms with E-state index in [2.05, 4.69) is 20.6 Å². The summed E-state index contributed by atoms with van der Waals surface area (Å²) in [5.74, 6) is 0.116. The third kappa shape index (κ3) is 2.28. The van der Waals surface area contributed by atoms with Gasteiger partial charge in [0, 0.05) is 19.4 Å². The maximum absolute atomic E-state index is 12.0. The molecular formula is C13H12N6O. The monoisotopic (exact) mass is 268 g/mol. The van der Waals surface area contributed by atoms with Crippen LogP contribution in [0.5, 0.6) is 0 Å². The van der Waals surface area contributed by atoms with Gasteiger partial charge in [0.2, 0.25) is 5.95 Å². The van der Waals surface area contributed by atoms with Crippen LogP contribution in [0.1, 0.15) is 10.5 Å². The summed E-state index contributed by atoms with van der Waals surface area (Å²) in [5, 5.41) is 10.5. The van der Waals surface area contributed by atoms with E-state index in [1.807, 2.05) is 30.3 Å². The van der Waals surface area contributed by atoms with Crippen LogP contribution < -0.4 is 5.32 Å². The number of amides is 1. The Labute approximate surface area is 114 Å². The van der Waals surface area contributed by atoms with Crippen molar-refractivity contribution in [1.82, 2.24) is 24.5 Å². The maximum Gasteiger partial charge on any atom is 0.280 e. The zero-order valence-electron chi connectivity index (χ0n) is 10.8. The molecule has 0 unspecified atom stereocenters. The molecule has 1 aromatic carbocycles. The number of hydrogen-bond donors (Lipinski definition) is 1. The summed E-state index contributed by atoms with van der Waals surface area (Å²) in [4.78, 5) is 16.1. The quantitative estimate of drug-likeness (QED) is 0.775. The predicted octanol–water partition coefficient (Wildman–Crippen LogP) is 1.25. The van der Waals surface area contributed by atoms with E-state index in [0.29, 0.717) is 5.95 Å². The smallest absolute Gasteiger partial charge is 0.280 e. The molecule has 2 heterocycles. The van der Waals surface area contributed by atoms with Gasteiger partial charge in [-0.05, 0) is 12.1 Å². The van der Waals surface area contributed by atoms with Crippen LogP contribution in [0.15, 0.2) is 48.9 Å². The van der Waals surface area contributed by atoms with Gasteiger partial charge in [-0.15, -0.1) is 5.10 Å². The Morgan fingerprint density at radius 1 is 1.25 bits per heavy atom. The molecule has 3 aromatic rings. The lowest BCUT2D eigenvalue weighted by Gasteiger charge is -2.01. The molecule has 20 heavy (non-hydrogen) atoms. The minimum absolute atomic E-state index is 0.233. The second-order valence-corrected chi connectivity index (χ2v) is 4.20. The van der Waals surface area contributed by atoms with Gasteiger partial charge < -0.3 is 4.57 Å². The largest absolute Gasteiger partial charge is 0.320 e. The Balaban J connectivity index is 1.80. The van der Waals surface area contributed by atoms with Gasteiger partial charge in [-0.1, -0.05) is 23.4 Å². The predicted molar refractivity (Wildman–Crippen MR) is 72.5 cm³/mol. The number of benzene rings is 1. The number of para-hydroxylation sites is 1. The summed E-state index contributed by atoms with van der Waals surface area (Å²) in [6, 6.07) is 9.47. The third-order valence-corrected chi connectivity index (χ3v) is 2.79. The maximum atomic E-state index is 12.0. The lowest BCUT2D eigenvalue weighted by molar-refractivity contribution is 0.102. The van der Waals surface area contributed by atoms with Crippen molar-refractivity contribution in [1.29, 1.82) is 0 Å². The van der Waals surface area contributed by atoms with Crippen molar-refractivity contribution in [2.75, 3.05) is 5.32 Å². The SMILES string of the molecule is Cn1ccnc1NC(=O)c1cn(-c2ccccc2)nn1. The number of carbonyl (C=O) groups is 1. The van der Waals surface area contributed by atoms with Gasteiger partial charge >= 0.3 is 0 Å². The number of anilines is 1. The molecule has 7 nitrogen and oxygen atoms in total. The van der Waals surface area contributed by atoms with Gasteiger partial charge in [0.25, 0.3) is 5.91 Å². The highest BCUT2D eigenvalue weighted by Gasteiger charge is 2.13. The van der Waals surface area contributed by atoms with Gasteiger partial charge in [0.1, 0.15) is 0 Å². The van der Waals surface area contributed by atoms with Crippen LogP contribution in [0.4, 0.5) is 5.95 Å².